The van der Waals surface area contributed by atoms with Gasteiger partial charge < -0.3 is 5.11 Å². The summed E-state index contributed by atoms with van der Waals surface area (Å²) in [7, 11) is 0. The molecule has 1 N–H and O–H groups in total. The lowest BCUT2D eigenvalue weighted by atomic mass is 9.69. The van der Waals surface area contributed by atoms with Crippen LogP contribution in [0.1, 0.15) is 42.7 Å². The van der Waals surface area contributed by atoms with E-state index in [1.54, 1.807) is 0 Å². The fourth-order valence-corrected chi connectivity index (χ4v) is 3.73. The molecule has 0 saturated carbocycles. The highest BCUT2D eigenvalue weighted by atomic mass is 19.4. The first-order chi connectivity index (χ1) is 12.2. The molecule has 7 heteroatoms. The van der Waals surface area contributed by atoms with Gasteiger partial charge in [0.2, 0.25) is 0 Å². The molecule has 26 heavy (non-hydrogen) atoms. The van der Waals surface area contributed by atoms with Crippen molar-refractivity contribution in [2.45, 2.75) is 37.8 Å². The minimum Gasteiger partial charge on any atom is -0.478 e. The molecule has 0 aliphatic heterocycles. The molecule has 3 rings (SSSR count). The van der Waals surface area contributed by atoms with Crippen molar-refractivity contribution in [1.82, 2.24) is 0 Å². The molecule has 0 bridgehead atoms. The molecule has 2 aliphatic rings. The first kappa shape index (κ1) is 17.9. The van der Waals surface area contributed by atoms with E-state index in [0.717, 1.165) is 0 Å². The van der Waals surface area contributed by atoms with Gasteiger partial charge in [0, 0.05) is 23.5 Å². The number of carboxylic acids is 1. The third-order valence-corrected chi connectivity index (χ3v) is 4.78. The number of nitriles is 1. The Balaban J connectivity index is 2.30. The van der Waals surface area contributed by atoms with E-state index < -0.39 is 35.6 Å². The zero-order chi connectivity index (χ0) is 19.1. The number of Topliss-reactive ketones (excluding diaryl/α,β-unsaturated/α-hetero) is 1. The number of halogens is 3. The van der Waals surface area contributed by atoms with Crippen molar-refractivity contribution in [2.75, 3.05) is 0 Å². The second-order valence-corrected chi connectivity index (χ2v) is 6.34. The second kappa shape index (κ2) is 6.45. The van der Waals surface area contributed by atoms with Gasteiger partial charge in [0.1, 0.15) is 0 Å². The van der Waals surface area contributed by atoms with Gasteiger partial charge in [0.05, 0.1) is 17.2 Å². The van der Waals surface area contributed by atoms with Crippen LogP contribution in [-0.4, -0.2) is 23.0 Å². The minimum atomic E-state index is -4.81. The molecule has 2 aliphatic carbocycles. The Morgan fingerprint density at radius 1 is 1.27 bits per heavy atom. The zero-order valence-electron chi connectivity index (χ0n) is 13.6. The number of ketones is 1. The van der Waals surface area contributed by atoms with Gasteiger partial charge in [-0.25, -0.2) is 4.79 Å². The van der Waals surface area contributed by atoms with Crippen molar-refractivity contribution in [3.63, 3.8) is 0 Å². The number of carbonyl (C=O) groups is 2. The van der Waals surface area contributed by atoms with Crippen molar-refractivity contribution in [2.24, 2.45) is 0 Å². The molecule has 0 radical (unpaired) electrons. The van der Waals surface area contributed by atoms with E-state index in [9.17, 15) is 27.9 Å². The Kier molecular flexibility index (Phi) is 4.45. The SMILES string of the molecule is N#Cc1cccc(C2C3=C(CCCC3=O)CC(C(F)(F)F)=C2C(=O)O)c1. The van der Waals surface area contributed by atoms with Gasteiger partial charge in [-0.2, -0.15) is 18.4 Å². The van der Waals surface area contributed by atoms with E-state index in [-0.39, 0.29) is 28.9 Å². The molecular weight excluding hydrogens is 347 g/mol. The fourth-order valence-electron chi connectivity index (χ4n) is 3.73. The fraction of sp³-hybridized carbons (Fsp3) is 0.316. The van der Waals surface area contributed by atoms with Gasteiger partial charge in [-0.3, -0.25) is 4.79 Å². The molecule has 1 unspecified atom stereocenters. The molecule has 1 aromatic rings. The van der Waals surface area contributed by atoms with Gasteiger partial charge in [-0.05, 0) is 37.0 Å². The predicted molar refractivity (Wildman–Crippen MR) is 85.1 cm³/mol. The van der Waals surface area contributed by atoms with Gasteiger partial charge in [0.15, 0.2) is 5.78 Å². The molecule has 0 saturated heterocycles. The zero-order valence-corrected chi connectivity index (χ0v) is 13.6. The lowest BCUT2D eigenvalue weighted by molar-refractivity contribution is -0.134. The van der Waals surface area contributed by atoms with E-state index in [2.05, 4.69) is 0 Å². The number of hydrogen-bond acceptors (Lipinski definition) is 3. The van der Waals surface area contributed by atoms with E-state index in [4.69, 9.17) is 5.26 Å². The first-order valence-corrected chi connectivity index (χ1v) is 8.02. The van der Waals surface area contributed by atoms with Crippen LogP contribution in [0.25, 0.3) is 0 Å². The first-order valence-electron chi connectivity index (χ1n) is 8.02. The largest absolute Gasteiger partial charge is 0.478 e. The molecule has 1 atom stereocenters. The number of alkyl halides is 3. The van der Waals surface area contributed by atoms with Crippen molar-refractivity contribution in [1.29, 1.82) is 5.26 Å². The number of carbonyl (C=O) groups excluding carboxylic acids is 1. The Morgan fingerprint density at radius 3 is 2.62 bits per heavy atom. The highest BCUT2D eigenvalue weighted by molar-refractivity contribution is 6.03. The summed E-state index contributed by atoms with van der Waals surface area (Å²) in [6.45, 7) is 0. The number of benzene rings is 1. The van der Waals surface area contributed by atoms with Crippen molar-refractivity contribution in [3.05, 3.63) is 57.7 Å². The van der Waals surface area contributed by atoms with Crippen molar-refractivity contribution < 1.29 is 27.9 Å². The van der Waals surface area contributed by atoms with Gasteiger partial charge in [-0.15, -0.1) is 0 Å². The highest BCUT2D eigenvalue weighted by Gasteiger charge is 2.47. The molecule has 4 nitrogen and oxygen atoms in total. The smallest absolute Gasteiger partial charge is 0.413 e. The molecule has 1 aromatic carbocycles. The highest BCUT2D eigenvalue weighted by Crippen LogP contribution is 2.49. The Hall–Kier alpha value is -2.88. The van der Waals surface area contributed by atoms with Gasteiger partial charge >= 0.3 is 12.1 Å². The quantitative estimate of drug-likeness (QED) is 0.862. The van der Waals surface area contributed by atoms with Crippen LogP contribution in [0.4, 0.5) is 13.2 Å². The standard InChI is InChI=1S/C19H14F3NO3/c20-19(21,22)13-8-12-5-2-6-14(24)15(12)16(17(13)18(25)26)11-4-1-3-10(7-11)9-23/h1,3-4,7,16H,2,5-6,8H2,(H,25,26). The number of carboxylic acid groups (broad SMARTS) is 1. The maximum Gasteiger partial charge on any atom is 0.413 e. The van der Waals surface area contributed by atoms with Crippen LogP contribution in [0, 0.1) is 11.3 Å². The van der Waals surface area contributed by atoms with Crippen LogP contribution in [-0.2, 0) is 9.59 Å². The Labute approximate surface area is 147 Å². The lowest BCUT2D eigenvalue weighted by Gasteiger charge is -2.34. The van der Waals surface area contributed by atoms with Crippen LogP contribution in [0.5, 0.6) is 0 Å². The van der Waals surface area contributed by atoms with Crippen LogP contribution in [0.15, 0.2) is 46.6 Å². The minimum absolute atomic E-state index is 0.150. The Bertz CT molecular complexity index is 903. The third-order valence-electron chi connectivity index (χ3n) is 4.78. The Morgan fingerprint density at radius 2 is 2.00 bits per heavy atom. The van der Waals surface area contributed by atoms with Crippen LogP contribution < -0.4 is 0 Å². The molecule has 0 heterocycles. The number of aliphatic carboxylic acids is 1. The van der Waals surface area contributed by atoms with Gasteiger partial charge in [0.25, 0.3) is 0 Å². The molecule has 0 amide bonds. The summed E-state index contributed by atoms with van der Waals surface area (Å²) >= 11 is 0. The average Bonchev–Trinajstić information content (AvgIpc) is 2.59. The average molecular weight is 361 g/mol. The molecule has 134 valence electrons. The number of nitrogens with zero attached hydrogens (tertiary/aromatic N) is 1. The molecular formula is C19H14F3NO3. The maximum absolute atomic E-state index is 13.6. The summed E-state index contributed by atoms with van der Waals surface area (Å²) in [6, 6.07) is 7.64. The molecule has 0 fully saturated rings. The summed E-state index contributed by atoms with van der Waals surface area (Å²) in [5.41, 5.74) is -1.03. The molecule has 0 aromatic heterocycles. The lowest BCUT2D eigenvalue weighted by Crippen LogP contribution is -2.31. The number of rotatable bonds is 2. The summed E-state index contributed by atoms with van der Waals surface area (Å²) in [5, 5.41) is 18.6. The summed E-state index contributed by atoms with van der Waals surface area (Å²) in [5.74, 6) is -3.33. The maximum atomic E-state index is 13.6. The summed E-state index contributed by atoms with van der Waals surface area (Å²) in [6.07, 6.45) is -4.40. The topological polar surface area (TPSA) is 78.2 Å². The predicted octanol–water partition coefficient (Wildman–Crippen LogP) is 4.04. The number of allylic oxidation sites excluding steroid dienone is 3. The normalized spacial score (nSPS) is 20.7. The van der Waals surface area contributed by atoms with Crippen molar-refractivity contribution in [3.8, 4) is 6.07 Å². The van der Waals surface area contributed by atoms with E-state index >= 15 is 0 Å². The van der Waals surface area contributed by atoms with Crippen LogP contribution in [0.3, 0.4) is 0 Å². The van der Waals surface area contributed by atoms with Crippen LogP contribution in [0.2, 0.25) is 0 Å². The third kappa shape index (κ3) is 3.03. The van der Waals surface area contributed by atoms with Crippen molar-refractivity contribution >= 4 is 11.8 Å². The van der Waals surface area contributed by atoms with E-state index in [0.29, 0.717) is 18.4 Å². The van der Waals surface area contributed by atoms with Crippen LogP contribution >= 0.6 is 0 Å². The van der Waals surface area contributed by atoms with E-state index in [1.807, 2.05) is 6.07 Å². The van der Waals surface area contributed by atoms with E-state index in [1.165, 1.54) is 24.3 Å². The summed E-state index contributed by atoms with van der Waals surface area (Å²) in [4.78, 5) is 24.2. The monoisotopic (exact) mass is 361 g/mol. The summed E-state index contributed by atoms with van der Waals surface area (Å²) < 4.78 is 40.7. The van der Waals surface area contributed by atoms with Gasteiger partial charge in [-0.1, -0.05) is 17.7 Å². The molecule has 0 spiro atoms. The second-order valence-electron chi connectivity index (χ2n) is 6.34. The number of hydrogen-bond donors (Lipinski definition) is 1.